The number of esters is 2. The summed E-state index contributed by atoms with van der Waals surface area (Å²) in [5.41, 5.74) is 1.19. The third-order valence-electron chi connectivity index (χ3n) is 4.22. The molecule has 2 aromatic carbocycles. The van der Waals surface area contributed by atoms with Gasteiger partial charge in [0.25, 0.3) is 10.0 Å². The van der Waals surface area contributed by atoms with E-state index in [9.17, 15) is 18.0 Å². The molecule has 174 valence electrons. The zero-order valence-corrected chi connectivity index (χ0v) is 20.2. The number of nitrogens with one attached hydrogen (secondary N) is 1. The third-order valence-corrected chi connectivity index (χ3v) is 5.62. The highest BCUT2D eigenvalue weighted by molar-refractivity contribution is 7.92. The van der Waals surface area contributed by atoms with Gasteiger partial charge in [0.2, 0.25) is 0 Å². The largest absolute Gasteiger partial charge is 0.459 e. The smallest absolute Gasteiger partial charge is 0.338 e. The number of hydrogen-bond acceptors (Lipinski definition) is 6. The van der Waals surface area contributed by atoms with E-state index in [4.69, 9.17) is 9.47 Å². The van der Waals surface area contributed by atoms with Crippen LogP contribution in [0.5, 0.6) is 0 Å². The fourth-order valence-corrected chi connectivity index (χ4v) is 4.02. The summed E-state index contributed by atoms with van der Waals surface area (Å²) in [7, 11) is -3.94. The van der Waals surface area contributed by atoms with Crippen LogP contribution in [0.2, 0.25) is 0 Å². The summed E-state index contributed by atoms with van der Waals surface area (Å²) in [4.78, 5) is 24.9. The van der Waals surface area contributed by atoms with Gasteiger partial charge in [0.1, 0.15) is 0 Å². The molecule has 7 nitrogen and oxygen atoms in total. The van der Waals surface area contributed by atoms with E-state index >= 15 is 0 Å². The monoisotopic (exact) mass is 461 g/mol. The van der Waals surface area contributed by atoms with E-state index in [1.165, 1.54) is 30.3 Å². The molecule has 0 amide bonds. The number of rotatable bonds is 9. The molecule has 0 heterocycles. The Labute approximate surface area is 190 Å². The van der Waals surface area contributed by atoms with E-state index in [1.54, 1.807) is 39.8 Å². The summed E-state index contributed by atoms with van der Waals surface area (Å²) in [6.45, 7) is 11.0. The summed E-state index contributed by atoms with van der Waals surface area (Å²) in [6, 6.07) is 10.6. The highest BCUT2D eigenvalue weighted by Gasteiger charge is 2.20. The molecule has 0 fully saturated rings. The second-order valence-corrected chi connectivity index (χ2v) is 10.2. The van der Waals surface area contributed by atoms with Crippen LogP contribution in [-0.2, 0) is 25.9 Å². The van der Waals surface area contributed by atoms with Gasteiger partial charge in [-0.05, 0) is 75.9 Å². The van der Waals surface area contributed by atoms with Gasteiger partial charge in [0.05, 0.1) is 33.9 Å². The highest BCUT2D eigenvalue weighted by atomic mass is 32.2. The van der Waals surface area contributed by atoms with Crippen molar-refractivity contribution in [3.8, 4) is 0 Å². The lowest BCUT2D eigenvalue weighted by molar-refractivity contribution is 0.0377. The van der Waals surface area contributed by atoms with Gasteiger partial charge in [-0.25, -0.2) is 18.0 Å². The lowest BCUT2D eigenvalue weighted by Crippen LogP contribution is -2.17. The lowest BCUT2D eigenvalue weighted by Gasteiger charge is -2.14. The molecule has 0 saturated heterocycles. The molecule has 0 aromatic heterocycles. The normalized spacial score (nSPS) is 11.7. The molecule has 8 heteroatoms. The molecule has 0 saturated carbocycles. The van der Waals surface area contributed by atoms with Gasteiger partial charge >= 0.3 is 11.9 Å². The predicted octanol–water partition coefficient (Wildman–Crippen LogP) is 4.82. The van der Waals surface area contributed by atoms with Crippen molar-refractivity contribution in [3.63, 3.8) is 0 Å². The molecule has 0 radical (unpaired) electrons. The summed E-state index contributed by atoms with van der Waals surface area (Å²) >= 11 is 0. The van der Waals surface area contributed by atoms with Crippen molar-refractivity contribution < 1.29 is 27.5 Å². The Bertz CT molecular complexity index is 1020. The minimum absolute atomic E-state index is 0.0434. The molecule has 1 N–H and O–H groups in total. The molecule has 0 atom stereocenters. The Morgan fingerprint density at radius 1 is 0.812 bits per heavy atom. The Balaban J connectivity index is 2.39. The molecule has 2 aromatic rings. The Morgan fingerprint density at radius 3 is 1.69 bits per heavy atom. The summed E-state index contributed by atoms with van der Waals surface area (Å²) in [6.07, 6.45) is 0.0891. The van der Waals surface area contributed by atoms with E-state index in [2.05, 4.69) is 18.6 Å². The van der Waals surface area contributed by atoms with Crippen molar-refractivity contribution >= 4 is 27.6 Å². The summed E-state index contributed by atoms with van der Waals surface area (Å²) in [5, 5.41) is 0. The van der Waals surface area contributed by atoms with Crippen LogP contribution in [0.3, 0.4) is 0 Å². The quantitative estimate of drug-likeness (QED) is 0.538. The number of hydrogen-bond donors (Lipinski definition) is 1. The van der Waals surface area contributed by atoms with Crippen molar-refractivity contribution in [1.29, 1.82) is 0 Å². The van der Waals surface area contributed by atoms with Crippen molar-refractivity contribution in [2.75, 3.05) is 4.72 Å². The zero-order valence-electron chi connectivity index (χ0n) is 19.3. The van der Waals surface area contributed by atoms with E-state index < -0.39 is 22.0 Å². The van der Waals surface area contributed by atoms with Crippen LogP contribution in [0.1, 0.15) is 67.8 Å². The number of ether oxygens (including phenoxy) is 2. The van der Waals surface area contributed by atoms with E-state index in [0.717, 1.165) is 12.0 Å². The van der Waals surface area contributed by atoms with Gasteiger partial charge in [-0.1, -0.05) is 26.0 Å². The number of benzene rings is 2. The molecule has 0 aliphatic carbocycles. The average Bonchev–Trinajstić information content (AvgIpc) is 2.66. The Hall–Kier alpha value is -2.87. The molecule has 0 aliphatic heterocycles. The molecule has 0 aliphatic rings. The fraction of sp³-hybridized carbons (Fsp3) is 0.417. The molecule has 0 spiro atoms. The number of anilines is 1. The third kappa shape index (κ3) is 7.37. The first-order valence-corrected chi connectivity index (χ1v) is 12.0. The summed E-state index contributed by atoms with van der Waals surface area (Å²) < 4.78 is 38.7. The van der Waals surface area contributed by atoms with Crippen LogP contribution in [0.15, 0.2) is 47.4 Å². The SMILES string of the molecule is CC(C)Cc1ccc(S(=O)(=O)Nc2cc(C(=O)OC(C)C)cc(C(=O)OC(C)C)c2)cc1. The van der Waals surface area contributed by atoms with E-state index in [1.807, 2.05) is 0 Å². The first-order chi connectivity index (χ1) is 14.9. The first-order valence-electron chi connectivity index (χ1n) is 10.6. The molecular weight excluding hydrogens is 430 g/mol. The maximum Gasteiger partial charge on any atom is 0.338 e. The van der Waals surface area contributed by atoms with Gasteiger partial charge in [0, 0.05) is 0 Å². The molecule has 0 unspecified atom stereocenters. The van der Waals surface area contributed by atoms with Gasteiger partial charge in [-0.3, -0.25) is 4.72 Å². The van der Waals surface area contributed by atoms with Crippen molar-refractivity contribution in [1.82, 2.24) is 0 Å². The standard InChI is InChI=1S/C24H31NO6S/c1-15(2)11-18-7-9-22(10-8-18)32(28,29)25-21-13-19(23(26)30-16(3)4)12-20(14-21)24(27)31-17(5)6/h7-10,12-17,25H,11H2,1-6H3. The van der Waals surface area contributed by atoms with Crippen molar-refractivity contribution in [3.05, 3.63) is 59.2 Å². The topological polar surface area (TPSA) is 98.8 Å². The van der Waals surface area contributed by atoms with Crippen molar-refractivity contribution in [2.45, 2.75) is 65.1 Å². The van der Waals surface area contributed by atoms with Gasteiger partial charge < -0.3 is 9.47 Å². The number of carbonyl (C=O) groups excluding carboxylic acids is 2. The minimum Gasteiger partial charge on any atom is -0.459 e. The predicted molar refractivity (Wildman–Crippen MR) is 123 cm³/mol. The van der Waals surface area contributed by atoms with Crippen LogP contribution in [0.25, 0.3) is 0 Å². The maximum atomic E-state index is 12.9. The molecule has 2 rings (SSSR count). The minimum atomic E-state index is -3.94. The Morgan fingerprint density at radius 2 is 1.28 bits per heavy atom. The van der Waals surface area contributed by atoms with E-state index in [0.29, 0.717) is 5.92 Å². The van der Waals surface area contributed by atoms with Crippen LogP contribution in [0.4, 0.5) is 5.69 Å². The first kappa shape index (κ1) is 25.4. The average molecular weight is 462 g/mol. The fourth-order valence-electron chi connectivity index (χ4n) is 2.98. The Kier molecular flexibility index (Phi) is 8.44. The second-order valence-electron chi connectivity index (χ2n) is 8.55. The van der Waals surface area contributed by atoms with Crippen LogP contribution in [0, 0.1) is 5.92 Å². The second kappa shape index (κ2) is 10.6. The molecule has 0 bridgehead atoms. The molecular formula is C24H31NO6S. The van der Waals surface area contributed by atoms with Gasteiger partial charge in [-0.2, -0.15) is 0 Å². The summed E-state index contributed by atoms with van der Waals surface area (Å²) in [5.74, 6) is -0.886. The number of carbonyl (C=O) groups is 2. The van der Waals surface area contributed by atoms with Crippen LogP contribution in [-0.4, -0.2) is 32.6 Å². The lowest BCUT2D eigenvalue weighted by atomic mass is 10.0. The van der Waals surface area contributed by atoms with Gasteiger partial charge in [0.15, 0.2) is 0 Å². The van der Waals surface area contributed by atoms with Crippen LogP contribution < -0.4 is 4.72 Å². The highest BCUT2D eigenvalue weighted by Crippen LogP contribution is 2.22. The van der Waals surface area contributed by atoms with Crippen LogP contribution >= 0.6 is 0 Å². The van der Waals surface area contributed by atoms with Crippen molar-refractivity contribution in [2.24, 2.45) is 5.92 Å². The molecule has 32 heavy (non-hydrogen) atoms. The number of sulfonamides is 1. The zero-order chi connectivity index (χ0) is 24.1. The van der Waals surface area contributed by atoms with Gasteiger partial charge in [-0.15, -0.1) is 0 Å². The van der Waals surface area contributed by atoms with E-state index in [-0.39, 0.29) is 33.9 Å². The maximum absolute atomic E-state index is 12.9.